The van der Waals surface area contributed by atoms with Gasteiger partial charge in [0.25, 0.3) is 5.56 Å². The molecule has 8 nitrogen and oxygen atoms in total. The zero-order chi connectivity index (χ0) is 28.9. The van der Waals surface area contributed by atoms with E-state index < -0.39 is 12.0 Å². The summed E-state index contributed by atoms with van der Waals surface area (Å²) in [7, 11) is 2.87. The van der Waals surface area contributed by atoms with Crippen LogP contribution in [0, 0.1) is 11.3 Å². The summed E-state index contributed by atoms with van der Waals surface area (Å²) in [5.41, 5.74) is 3.30. The van der Waals surface area contributed by atoms with Crippen molar-refractivity contribution in [2.45, 2.75) is 26.0 Å². The molecule has 0 amide bonds. The van der Waals surface area contributed by atoms with E-state index in [0.29, 0.717) is 49.7 Å². The van der Waals surface area contributed by atoms with E-state index in [0.717, 1.165) is 11.1 Å². The molecule has 0 saturated heterocycles. The Bertz CT molecular complexity index is 1870. The number of nitrogens with zero attached hydrogens (tertiary/aromatic N) is 3. The SMILES string of the molecule is CCC1=C(C(=O)OC)[C@H](c2ccccc2)n2c(s/c(=C/c3cccc(OC)c3OCc3ccccc3C#N)c2=O)=N1. The molecule has 4 aromatic rings. The van der Waals surface area contributed by atoms with E-state index in [1.54, 1.807) is 36.0 Å². The maximum Gasteiger partial charge on any atom is 0.338 e. The first kappa shape index (κ1) is 27.6. The van der Waals surface area contributed by atoms with Crippen molar-refractivity contribution in [2.75, 3.05) is 14.2 Å². The first-order chi connectivity index (χ1) is 20.0. The molecule has 2 heterocycles. The normalized spacial score (nSPS) is 14.6. The first-order valence-electron chi connectivity index (χ1n) is 13.0. The number of para-hydroxylation sites is 1. The quantitative estimate of drug-likeness (QED) is 0.296. The van der Waals surface area contributed by atoms with Crippen molar-refractivity contribution >= 4 is 23.4 Å². The second kappa shape index (κ2) is 12.1. The van der Waals surface area contributed by atoms with Gasteiger partial charge in [-0.2, -0.15) is 5.26 Å². The first-order valence-corrected chi connectivity index (χ1v) is 13.8. The third kappa shape index (κ3) is 5.30. The minimum absolute atomic E-state index is 0.141. The minimum atomic E-state index is -0.680. The van der Waals surface area contributed by atoms with Crippen molar-refractivity contribution in [3.05, 3.63) is 126 Å². The number of aromatic nitrogens is 1. The van der Waals surface area contributed by atoms with E-state index in [1.165, 1.54) is 18.4 Å². The predicted octanol–water partition coefficient (Wildman–Crippen LogP) is 4.26. The fourth-order valence-electron chi connectivity index (χ4n) is 4.82. The van der Waals surface area contributed by atoms with Gasteiger partial charge in [-0.1, -0.05) is 78.9 Å². The number of hydrogen-bond acceptors (Lipinski definition) is 8. The summed E-state index contributed by atoms with van der Waals surface area (Å²) in [6, 6.07) is 23.5. The third-order valence-electron chi connectivity index (χ3n) is 6.79. The molecule has 0 bridgehead atoms. The maximum absolute atomic E-state index is 14.0. The van der Waals surface area contributed by atoms with Gasteiger partial charge in [0, 0.05) is 11.1 Å². The number of thiazole rings is 1. The van der Waals surface area contributed by atoms with Crippen LogP contribution in [-0.4, -0.2) is 24.8 Å². The molecule has 5 rings (SSSR count). The lowest BCUT2D eigenvalue weighted by Crippen LogP contribution is -2.40. The van der Waals surface area contributed by atoms with Crippen LogP contribution in [0.5, 0.6) is 11.5 Å². The van der Waals surface area contributed by atoms with Gasteiger partial charge in [-0.3, -0.25) is 9.36 Å². The van der Waals surface area contributed by atoms with Gasteiger partial charge in [-0.15, -0.1) is 0 Å². The lowest BCUT2D eigenvalue weighted by Gasteiger charge is -2.25. The van der Waals surface area contributed by atoms with Crippen LogP contribution in [0.2, 0.25) is 0 Å². The van der Waals surface area contributed by atoms with Gasteiger partial charge in [-0.05, 0) is 30.2 Å². The van der Waals surface area contributed by atoms with Gasteiger partial charge in [0.05, 0.1) is 47.7 Å². The van der Waals surface area contributed by atoms with Crippen LogP contribution in [-0.2, 0) is 16.1 Å². The number of carbonyl (C=O) groups excluding carboxylic acids is 1. The Labute approximate surface area is 240 Å². The monoisotopic (exact) mass is 565 g/mol. The van der Waals surface area contributed by atoms with Gasteiger partial charge in [0.1, 0.15) is 6.61 Å². The molecule has 0 fully saturated rings. The highest BCUT2D eigenvalue weighted by molar-refractivity contribution is 7.07. The topological polar surface area (TPSA) is 103 Å². The lowest BCUT2D eigenvalue weighted by atomic mass is 9.95. The summed E-state index contributed by atoms with van der Waals surface area (Å²) in [6.45, 7) is 2.06. The Morgan fingerprint density at radius 2 is 1.83 bits per heavy atom. The highest BCUT2D eigenvalue weighted by Crippen LogP contribution is 2.34. The third-order valence-corrected chi connectivity index (χ3v) is 7.77. The molecule has 41 heavy (non-hydrogen) atoms. The summed E-state index contributed by atoms with van der Waals surface area (Å²) in [6.07, 6.45) is 2.24. The summed E-state index contributed by atoms with van der Waals surface area (Å²) >= 11 is 1.24. The number of fused-ring (bicyclic) bond motifs is 1. The average Bonchev–Trinajstić information content (AvgIpc) is 3.33. The van der Waals surface area contributed by atoms with E-state index in [4.69, 9.17) is 19.2 Å². The number of methoxy groups -OCH3 is 2. The molecule has 1 aliphatic rings. The van der Waals surface area contributed by atoms with Crippen LogP contribution in [0.15, 0.2) is 93.9 Å². The number of nitriles is 1. The van der Waals surface area contributed by atoms with Crippen LogP contribution >= 0.6 is 11.3 Å². The summed E-state index contributed by atoms with van der Waals surface area (Å²) in [5, 5.41) is 9.47. The standard InChI is InChI=1S/C32H27N3O5S/c1-4-24-27(31(37)39-3)28(20-11-6-5-7-12-20)35-30(36)26(41-32(35)34-24)17-21-15-10-16-25(38-2)29(21)40-19-23-14-9-8-13-22(23)18-33/h5-17,28H,4,19H2,1-3H3/b26-17+/t28-/m0/s1. The number of rotatable bonds is 8. The Morgan fingerprint density at radius 3 is 2.54 bits per heavy atom. The number of ether oxygens (including phenoxy) is 3. The van der Waals surface area contributed by atoms with E-state index in [-0.39, 0.29) is 12.2 Å². The smallest absolute Gasteiger partial charge is 0.338 e. The number of carbonyl (C=O) groups is 1. The Hall–Kier alpha value is -4.94. The van der Waals surface area contributed by atoms with Crippen LogP contribution < -0.4 is 24.4 Å². The van der Waals surface area contributed by atoms with Crippen molar-refractivity contribution in [1.29, 1.82) is 5.26 Å². The maximum atomic E-state index is 14.0. The number of hydrogen-bond donors (Lipinski definition) is 0. The van der Waals surface area contributed by atoms with Crippen LogP contribution in [0.3, 0.4) is 0 Å². The second-order valence-electron chi connectivity index (χ2n) is 9.14. The molecular weight excluding hydrogens is 538 g/mol. The van der Waals surface area contributed by atoms with Crippen molar-refractivity contribution in [3.63, 3.8) is 0 Å². The van der Waals surface area contributed by atoms with Crippen molar-refractivity contribution in [3.8, 4) is 17.6 Å². The lowest BCUT2D eigenvalue weighted by molar-refractivity contribution is -0.136. The molecule has 0 radical (unpaired) electrons. The molecule has 1 aromatic heterocycles. The molecule has 0 unspecified atom stereocenters. The minimum Gasteiger partial charge on any atom is -0.493 e. The molecule has 206 valence electrons. The van der Waals surface area contributed by atoms with E-state index in [1.807, 2.05) is 61.5 Å². The largest absolute Gasteiger partial charge is 0.493 e. The van der Waals surface area contributed by atoms with Gasteiger partial charge >= 0.3 is 5.97 Å². The van der Waals surface area contributed by atoms with E-state index in [2.05, 4.69) is 6.07 Å². The molecule has 0 spiro atoms. The summed E-state index contributed by atoms with van der Waals surface area (Å²) in [5.74, 6) is 0.414. The predicted molar refractivity (Wildman–Crippen MR) is 155 cm³/mol. The van der Waals surface area contributed by atoms with Gasteiger partial charge < -0.3 is 14.2 Å². The molecule has 3 aromatic carbocycles. The van der Waals surface area contributed by atoms with Crippen LogP contribution in [0.1, 0.15) is 41.6 Å². The Balaban J connectivity index is 1.66. The van der Waals surface area contributed by atoms with Crippen molar-refractivity contribution in [2.24, 2.45) is 4.99 Å². The molecular formula is C32H27N3O5S. The highest BCUT2D eigenvalue weighted by Gasteiger charge is 2.33. The zero-order valence-corrected chi connectivity index (χ0v) is 23.6. The van der Waals surface area contributed by atoms with Crippen LogP contribution in [0.4, 0.5) is 0 Å². The highest BCUT2D eigenvalue weighted by atomic mass is 32.1. The Kier molecular flexibility index (Phi) is 8.13. The summed E-state index contributed by atoms with van der Waals surface area (Å²) < 4.78 is 18.9. The van der Waals surface area contributed by atoms with Crippen LogP contribution in [0.25, 0.3) is 6.08 Å². The molecule has 0 N–H and O–H groups in total. The number of benzene rings is 3. The molecule has 9 heteroatoms. The van der Waals surface area contributed by atoms with Gasteiger partial charge in [0.15, 0.2) is 16.3 Å². The number of allylic oxidation sites excluding steroid dienone is 1. The van der Waals surface area contributed by atoms with Gasteiger partial charge in [-0.25, -0.2) is 9.79 Å². The zero-order valence-electron chi connectivity index (χ0n) is 22.8. The van der Waals surface area contributed by atoms with Crippen molar-refractivity contribution < 1.29 is 19.0 Å². The number of esters is 1. The van der Waals surface area contributed by atoms with Crippen molar-refractivity contribution in [1.82, 2.24) is 4.57 Å². The van der Waals surface area contributed by atoms with E-state index in [9.17, 15) is 14.9 Å². The fraction of sp³-hybridized carbons (Fsp3) is 0.188. The fourth-order valence-corrected chi connectivity index (χ4v) is 5.83. The average molecular weight is 566 g/mol. The molecule has 1 atom stereocenters. The molecule has 0 aliphatic carbocycles. The summed E-state index contributed by atoms with van der Waals surface area (Å²) in [4.78, 5) is 32.2. The molecule has 0 saturated carbocycles. The van der Waals surface area contributed by atoms with E-state index >= 15 is 0 Å². The van der Waals surface area contributed by atoms with Gasteiger partial charge in [0.2, 0.25) is 0 Å². The second-order valence-corrected chi connectivity index (χ2v) is 10.1. The Morgan fingerprint density at radius 1 is 1.07 bits per heavy atom. The molecule has 1 aliphatic heterocycles.